The van der Waals surface area contributed by atoms with Crippen LogP contribution in [-0.2, 0) is 14.8 Å². The first-order valence-corrected chi connectivity index (χ1v) is 13.0. The summed E-state index contributed by atoms with van der Waals surface area (Å²) in [5.41, 5.74) is 2.27. The predicted octanol–water partition coefficient (Wildman–Crippen LogP) is 4.38. The van der Waals surface area contributed by atoms with E-state index in [4.69, 9.17) is 0 Å². The van der Waals surface area contributed by atoms with Crippen LogP contribution in [0.3, 0.4) is 0 Å². The Labute approximate surface area is 217 Å². The van der Waals surface area contributed by atoms with Gasteiger partial charge in [-0.2, -0.15) is 4.72 Å². The van der Waals surface area contributed by atoms with Crippen molar-refractivity contribution in [3.8, 4) is 11.1 Å². The summed E-state index contributed by atoms with van der Waals surface area (Å²) in [5, 5.41) is 23.8. The number of anilines is 1. The van der Waals surface area contributed by atoms with Crippen molar-refractivity contribution in [2.75, 3.05) is 5.32 Å². The summed E-state index contributed by atoms with van der Waals surface area (Å²) >= 11 is 0. The van der Waals surface area contributed by atoms with Crippen molar-refractivity contribution in [1.29, 1.82) is 0 Å². The number of carboxylic acid groups (broad SMARTS) is 1. The number of carbonyl (C=O) groups is 2. The van der Waals surface area contributed by atoms with E-state index in [-0.39, 0.29) is 21.8 Å². The molecule has 1 heterocycles. The molecule has 0 bridgehead atoms. The van der Waals surface area contributed by atoms with Crippen LogP contribution >= 0.6 is 0 Å². The molecular weight excluding hydrogens is 512 g/mol. The molecular formula is C26H24N4O7S. The lowest BCUT2D eigenvalue weighted by Gasteiger charge is -2.18. The third kappa shape index (κ3) is 5.56. The first-order chi connectivity index (χ1) is 18.0. The van der Waals surface area contributed by atoms with Gasteiger partial charge < -0.3 is 15.4 Å². The summed E-state index contributed by atoms with van der Waals surface area (Å²) in [6, 6.07) is 17.7. The molecule has 0 aliphatic heterocycles. The molecule has 38 heavy (non-hydrogen) atoms. The number of hydrogen-bond acceptors (Lipinski definition) is 6. The standard InChI is InChI=1S/C26H24N4O7S/c1-15(2)23(26(32)33)29-38(36,37)20-12-8-17(9-13-20)16-6-10-19(11-7-16)27-25(31)21-14-18-4-3-5-22(30(34)35)24(18)28-21/h3-15,23,28-29H,1-2H3,(H,27,31)(H,32,33)/t23-/m0/s1. The van der Waals surface area contributed by atoms with E-state index in [0.717, 1.165) is 5.56 Å². The largest absolute Gasteiger partial charge is 0.480 e. The molecule has 0 unspecified atom stereocenters. The molecule has 0 fully saturated rings. The molecule has 4 rings (SSSR count). The number of aromatic amines is 1. The molecule has 11 nitrogen and oxygen atoms in total. The Bertz CT molecular complexity index is 1630. The molecule has 0 saturated carbocycles. The molecule has 3 aromatic carbocycles. The molecule has 4 N–H and O–H groups in total. The van der Waals surface area contributed by atoms with Crippen molar-refractivity contribution in [3.63, 3.8) is 0 Å². The highest BCUT2D eigenvalue weighted by molar-refractivity contribution is 7.89. The van der Waals surface area contributed by atoms with Crippen LogP contribution < -0.4 is 10.0 Å². The zero-order valence-corrected chi connectivity index (χ0v) is 21.2. The Kier molecular flexibility index (Phi) is 7.28. The van der Waals surface area contributed by atoms with Gasteiger partial charge in [0.2, 0.25) is 10.0 Å². The summed E-state index contributed by atoms with van der Waals surface area (Å²) in [6.07, 6.45) is 0. The van der Waals surface area contributed by atoms with Crippen molar-refractivity contribution in [3.05, 3.63) is 88.6 Å². The number of nitro benzene ring substituents is 1. The molecule has 0 radical (unpaired) electrons. The first kappa shape index (κ1) is 26.5. The number of nitro groups is 1. The molecule has 196 valence electrons. The minimum absolute atomic E-state index is 0.0596. The van der Waals surface area contributed by atoms with Crippen molar-refractivity contribution in [1.82, 2.24) is 9.71 Å². The lowest BCUT2D eigenvalue weighted by atomic mass is 10.1. The van der Waals surface area contributed by atoms with Gasteiger partial charge in [-0.1, -0.05) is 50.2 Å². The topological polar surface area (TPSA) is 172 Å². The number of fused-ring (bicyclic) bond motifs is 1. The summed E-state index contributed by atoms with van der Waals surface area (Å²) < 4.78 is 27.5. The molecule has 0 aliphatic rings. The number of para-hydroxylation sites is 1. The van der Waals surface area contributed by atoms with Crippen molar-refractivity contribution in [2.45, 2.75) is 24.8 Å². The molecule has 4 aromatic rings. The van der Waals surface area contributed by atoms with E-state index in [0.29, 0.717) is 16.6 Å². The zero-order chi connectivity index (χ0) is 27.6. The summed E-state index contributed by atoms with van der Waals surface area (Å²) in [6.45, 7) is 3.23. The number of nitrogens with one attached hydrogen (secondary N) is 3. The van der Waals surface area contributed by atoms with E-state index < -0.39 is 38.8 Å². The normalized spacial score (nSPS) is 12.4. The van der Waals surface area contributed by atoms with E-state index >= 15 is 0 Å². The van der Waals surface area contributed by atoms with Gasteiger partial charge in [0.15, 0.2) is 0 Å². The number of aliphatic carboxylic acids is 1. The first-order valence-electron chi connectivity index (χ1n) is 11.5. The summed E-state index contributed by atoms with van der Waals surface area (Å²) in [5.74, 6) is -2.15. The number of hydrogen-bond donors (Lipinski definition) is 4. The monoisotopic (exact) mass is 536 g/mol. The van der Waals surface area contributed by atoms with Gasteiger partial charge in [0.25, 0.3) is 11.6 Å². The van der Waals surface area contributed by atoms with Crippen LogP contribution in [0, 0.1) is 16.0 Å². The number of non-ortho nitro benzene ring substituents is 1. The van der Waals surface area contributed by atoms with Gasteiger partial charge in [0.05, 0.1) is 9.82 Å². The summed E-state index contributed by atoms with van der Waals surface area (Å²) in [4.78, 5) is 37.5. The third-order valence-corrected chi connectivity index (χ3v) is 7.39. The Morgan fingerprint density at radius 3 is 2.13 bits per heavy atom. The second-order valence-corrected chi connectivity index (χ2v) is 10.6. The lowest BCUT2D eigenvalue weighted by molar-refractivity contribution is -0.383. The Morgan fingerprint density at radius 2 is 1.58 bits per heavy atom. The highest BCUT2D eigenvalue weighted by Gasteiger charge is 2.28. The Balaban J connectivity index is 1.47. The van der Waals surface area contributed by atoms with Gasteiger partial charge in [-0.15, -0.1) is 0 Å². The van der Waals surface area contributed by atoms with Crippen LogP contribution in [0.4, 0.5) is 11.4 Å². The van der Waals surface area contributed by atoms with Gasteiger partial charge in [-0.3, -0.25) is 19.7 Å². The minimum Gasteiger partial charge on any atom is -0.480 e. The Morgan fingerprint density at radius 1 is 0.974 bits per heavy atom. The SMILES string of the molecule is CC(C)[C@H](NS(=O)(=O)c1ccc(-c2ccc(NC(=O)c3cc4cccc([N+](=O)[O-])c4[nH]3)cc2)cc1)C(=O)O. The number of carboxylic acids is 1. The molecule has 0 spiro atoms. The highest BCUT2D eigenvalue weighted by atomic mass is 32.2. The van der Waals surface area contributed by atoms with Crippen LogP contribution in [-0.4, -0.2) is 41.3 Å². The molecule has 1 atom stereocenters. The van der Waals surface area contributed by atoms with Crippen molar-refractivity contribution in [2.24, 2.45) is 5.92 Å². The van der Waals surface area contributed by atoms with Gasteiger partial charge in [0.1, 0.15) is 17.3 Å². The van der Waals surface area contributed by atoms with E-state index in [1.807, 2.05) is 0 Å². The van der Waals surface area contributed by atoms with Crippen molar-refractivity contribution >= 4 is 44.2 Å². The zero-order valence-electron chi connectivity index (χ0n) is 20.3. The fraction of sp³-hybridized carbons (Fsp3) is 0.154. The lowest BCUT2D eigenvalue weighted by Crippen LogP contribution is -2.44. The molecule has 0 aliphatic carbocycles. The molecule has 1 aromatic heterocycles. The van der Waals surface area contributed by atoms with E-state index in [1.165, 1.54) is 24.3 Å². The third-order valence-electron chi connectivity index (χ3n) is 5.93. The fourth-order valence-corrected chi connectivity index (χ4v) is 5.23. The van der Waals surface area contributed by atoms with Gasteiger partial charge in [-0.25, -0.2) is 8.42 Å². The van der Waals surface area contributed by atoms with Crippen LogP contribution in [0.15, 0.2) is 77.7 Å². The fourth-order valence-electron chi connectivity index (χ4n) is 3.89. The maximum Gasteiger partial charge on any atom is 0.322 e. The second-order valence-electron chi connectivity index (χ2n) is 8.92. The van der Waals surface area contributed by atoms with Crippen LogP contribution in [0.2, 0.25) is 0 Å². The number of sulfonamides is 1. The van der Waals surface area contributed by atoms with Crippen molar-refractivity contribution < 1.29 is 28.0 Å². The van der Waals surface area contributed by atoms with E-state index in [9.17, 15) is 33.2 Å². The minimum atomic E-state index is -4.03. The molecule has 0 saturated heterocycles. The average Bonchev–Trinajstić information content (AvgIpc) is 3.32. The van der Waals surface area contributed by atoms with E-state index in [1.54, 1.807) is 62.4 Å². The average molecular weight is 537 g/mol. The number of rotatable bonds is 9. The van der Waals surface area contributed by atoms with Gasteiger partial charge in [-0.05, 0) is 47.4 Å². The van der Waals surface area contributed by atoms with Gasteiger partial charge >= 0.3 is 5.97 Å². The number of benzene rings is 3. The molecule has 12 heteroatoms. The Hall–Kier alpha value is -4.55. The molecule has 1 amide bonds. The quantitative estimate of drug-likeness (QED) is 0.181. The van der Waals surface area contributed by atoms with Crippen LogP contribution in [0.5, 0.6) is 0 Å². The number of carbonyl (C=O) groups excluding carboxylic acids is 1. The highest BCUT2D eigenvalue weighted by Crippen LogP contribution is 2.27. The predicted molar refractivity (Wildman–Crippen MR) is 141 cm³/mol. The number of H-pyrrole nitrogens is 1. The maximum atomic E-state index is 12.7. The number of nitrogens with zero attached hydrogens (tertiary/aromatic N) is 1. The van der Waals surface area contributed by atoms with Crippen LogP contribution in [0.1, 0.15) is 24.3 Å². The maximum absolute atomic E-state index is 12.7. The second kappa shape index (κ2) is 10.4. The number of amides is 1. The van der Waals surface area contributed by atoms with E-state index in [2.05, 4.69) is 15.0 Å². The summed E-state index contributed by atoms with van der Waals surface area (Å²) in [7, 11) is -4.03. The smallest absolute Gasteiger partial charge is 0.322 e. The van der Waals surface area contributed by atoms with Crippen LogP contribution in [0.25, 0.3) is 22.0 Å². The van der Waals surface area contributed by atoms with Gasteiger partial charge in [0, 0.05) is 17.1 Å². The number of aromatic nitrogens is 1.